The number of aliphatic hydroxyl groups is 1. The van der Waals surface area contributed by atoms with E-state index in [1.165, 1.54) is 0 Å². The maximum Gasteiger partial charge on any atom is 0.222 e. The van der Waals surface area contributed by atoms with E-state index in [1.54, 1.807) is 6.20 Å². The summed E-state index contributed by atoms with van der Waals surface area (Å²) in [4.78, 5) is 16.9. The molecule has 7 heteroatoms. The monoisotopic (exact) mass is 336 g/mol. The molecular formula is C17H28N4O3. The summed E-state index contributed by atoms with van der Waals surface area (Å²) in [5.41, 5.74) is 1.06. The number of rotatable bonds is 6. The van der Waals surface area contributed by atoms with E-state index < -0.39 is 0 Å². The number of nitrogens with zero attached hydrogens (tertiary/aromatic N) is 3. The first-order valence-electron chi connectivity index (χ1n) is 8.91. The van der Waals surface area contributed by atoms with Gasteiger partial charge >= 0.3 is 0 Å². The number of morpholine rings is 1. The number of carbonyl (C=O) groups excluding carboxylic acids is 1. The van der Waals surface area contributed by atoms with Crippen LogP contribution in [0.4, 0.5) is 0 Å². The Kier molecular flexibility index (Phi) is 6.23. The zero-order valence-corrected chi connectivity index (χ0v) is 14.2. The van der Waals surface area contributed by atoms with Crippen LogP contribution in [-0.2, 0) is 16.0 Å². The van der Waals surface area contributed by atoms with Gasteiger partial charge in [-0.25, -0.2) is 0 Å². The van der Waals surface area contributed by atoms with Gasteiger partial charge in [0.25, 0.3) is 0 Å². The molecule has 2 atom stereocenters. The van der Waals surface area contributed by atoms with Gasteiger partial charge in [0.1, 0.15) is 0 Å². The normalized spacial score (nSPS) is 25.8. The highest BCUT2D eigenvalue weighted by Crippen LogP contribution is 2.24. The highest BCUT2D eigenvalue weighted by Gasteiger charge is 2.30. The first-order valence-corrected chi connectivity index (χ1v) is 8.91. The quantitative estimate of drug-likeness (QED) is 0.772. The average molecular weight is 336 g/mol. The third-order valence-corrected chi connectivity index (χ3v) is 5.04. The lowest BCUT2D eigenvalue weighted by Crippen LogP contribution is -2.49. The van der Waals surface area contributed by atoms with Crippen molar-refractivity contribution in [2.75, 3.05) is 52.5 Å². The molecule has 1 amide bonds. The van der Waals surface area contributed by atoms with Crippen LogP contribution in [0.2, 0.25) is 0 Å². The number of hydrogen-bond acceptors (Lipinski definition) is 5. The van der Waals surface area contributed by atoms with Crippen LogP contribution in [-0.4, -0.2) is 83.6 Å². The molecule has 2 N–H and O–H groups in total. The van der Waals surface area contributed by atoms with E-state index in [9.17, 15) is 9.90 Å². The molecule has 0 aliphatic carbocycles. The number of piperidine rings is 1. The van der Waals surface area contributed by atoms with E-state index in [4.69, 9.17) is 4.74 Å². The molecule has 24 heavy (non-hydrogen) atoms. The Morgan fingerprint density at radius 3 is 2.83 bits per heavy atom. The Morgan fingerprint density at radius 2 is 2.12 bits per heavy atom. The number of aryl methyl sites for hydroxylation is 1. The Balaban J connectivity index is 1.52. The van der Waals surface area contributed by atoms with Crippen LogP contribution in [0, 0.1) is 11.8 Å². The molecule has 2 aliphatic rings. The van der Waals surface area contributed by atoms with Gasteiger partial charge in [-0.1, -0.05) is 0 Å². The lowest BCUT2D eigenvalue weighted by Gasteiger charge is -2.40. The second-order valence-electron chi connectivity index (χ2n) is 6.97. The van der Waals surface area contributed by atoms with Crippen molar-refractivity contribution in [1.82, 2.24) is 20.0 Å². The third kappa shape index (κ3) is 4.78. The molecule has 1 aromatic rings. The van der Waals surface area contributed by atoms with Crippen LogP contribution in [0.25, 0.3) is 0 Å². The highest BCUT2D eigenvalue weighted by atomic mass is 16.5. The van der Waals surface area contributed by atoms with Crippen LogP contribution in [0.3, 0.4) is 0 Å². The van der Waals surface area contributed by atoms with E-state index in [0.717, 1.165) is 51.4 Å². The molecule has 0 aromatic carbocycles. The fourth-order valence-corrected chi connectivity index (χ4v) is 3.76. The average Bonchev–Trinajstić information content (AvgIpc) is 3.13. The minimum absolute atomic E-state index is 0.158. The van der Waals surface area contributed by atoms with Crippen LogP contribution < -0.4 is 0 Å². The molecule has 0 radical (unpaired) electrons. The minimum Gasteiger partial charge on any atom is -0.396 e. The number of amides is 1. The number of ether oxygens (including phenoxy) is 1. The Labute approximate surface area is 143 Å². The van der Waals surface area contributed by atoms with Gasteiger partial charge in [0, 0.05) is 51.9 Å². The van der Waals surface area contributed by atoms with Gasteiger partial charge in [-0.2, -0.15) is 5.10 Å². The highest BCUT2D eigenvalue weighted by molar-refractivity contribution is 5.76. The summed E-state index contributed by atoms with van der Waals surface area (Å²) < 4.78 is 5.40. The molecule has 0 unspecified atom stereocenters. The number of nitrogens with one attached hydrogen (secondary N) is 1. The molecule has 2 aliphatic heterocycles. The minimum atomic E-state index is 0.158. The molecule has 1 aromatic heterocycles. The maximum absolute atomic E-state index is 12.6. The van der Waals surface area contributed by atoms with Gasteiger partial charge in [-0.3, -0.25) is 14.8 Å². The van der Waals surface area contributed by atoms with Crippen molar-refractivity contribution in [3.05, 3.63) is 18.0 Å². The zero-order chi connectivity index (χ0) is 16.8. The van der Waals surface area contributed by atoms with E-state index >= 15 is 0 Å². The summed E-state index contributed by atoms with van der Waals surface area (Å²) in [6, 6.07) is 0. The third-order valence-electron chi connectivity index (χ3n) is 5.04. The van der Waals surface area contributed by atoms with Gasteiger partial charge in [0.2, 0.25) is 5.91 Å². The molecular weight excluding hydrogens is 308 g/mol. The predicted octanol–water partition coefficient (Wildman–Crippen LogP) is 0.132. The Hall–Kier alpha value is -1.44. The first-order chi connectivity index (χ1) is 11.7. The van der Waals surface area contributed by atoms with E-state index in [-0.39, 0.29) is 18.4 Å². The van der Waals surface area contributed by atoms with Gasteiger partial charge in [-0.05, 0) is 30.2 Å². The van der Waals surface area contributed by atoms with Crippen molar-refractivity contribution < 1.29 is 14.6 Å². The molecule has 3 heterocycles. The fraction of sp³-hybridized carbons (Fsp3) is 0.765. The molecule has 0 spiro atoms. The molecule has 2 fully saturated rings. The number of hydrogen-bond donors (Lipinski definition) is 2. The largest absolute Gasteiger partial charge is 0.396 e. The van der Waals surface area contributed by atoms with Gasteiger partial charge in [-0.15, -0.1) is 0 Å². The van der Waals surface area contributed by atoms with E-state index in [0.29, 0.717) is 25.3 Å². The second kappa shape index (κ2) is 8.60. The van der Waals surface area contributed by atoms with Crippen molar-refractivity contribution in [1.29, 1.82) is 0 Å². The van der Waals surface area contributed by atoms with Crippen molar-refractivity contribution in [3.63, 3.8) is 0 Å². The van der Waals surface area contributed by atoms with Crippen molar-refractivity contribution in [2.24, 2.45) is 11.8 Å². The van der Waals surface area contributed by atoms with Gasteiger partial charge < -0.3 is 14.7 Å². The van der Waals surface area contributed by atoms with Crippen LogP contribution in [0.5, 0.6) is 0 Å². The summed E-state index contributed by atoms with van der Waals surface area (Å²) in [5, 5.41) is 16.3. The first kappa shape index (κ1) is 17.4. The standard InChI is InChI=1S/C17H28N4O3/c22-13-16-7-15(10-20-3-5-24-6-4-20)11-21(12-16)17(23)2-1-14-8-18-19-9-14/h8-9,15-16,22H,1-7,10-13H2,(H,18,19)/t15-,16-/m1/s1. The number of H-pyrrole nitrogens is 1. The summed E-state index contributed by atoms with van der Waals surface area (Å²) in [6.07, 6.45) is 5.81. The molecule has 134 valence electrons. The number of aromatic nitrogens is 2. The van der Waals surface area contributed by atoms with Gasteiger partial charge in [0.05, 0.1) is 19.4 Å². The van der Waals surface area contributed by atoms with Crippen LogP contribution in [0.15, 0.2) is 12.4 Å². The lowest BCUT2D eigenvalue weighted by molar-refractivity contribution is -0.134. The van der Waals surface area contributed by atoms with Crippen molar-refractivity contribution in [3.8, 4) is 0 Å². The Bertz CT molecular complexity index is 502. The summed E-state index contributed by atoms with van der Waals surface area (Å²) in [7, 11) is 0. The fourth-order valence-electron chi connectivity index (χ4n) is 3.76. The number of carbonyl (C=O) groups is 1. The molecule has 3 rings (SSSR count). The number of aromatic amines is 1. The van der Waals surface area contributed by atoms with Crippen LogP contribution in [0.1, 0.15) is 18.4 Å². The summed E-state index contributed by atoms with van der Waals surface area (Å²) >= 11 is 0. The summed E-state index contributed by atoms with van der Waals surface area (Å²) in [5.74, 6) is 0.816. The predicted molar refractivity (Wildman–Crippen MR) is 89.4 cm³/mol. The smallest absolute Gasteiger partial charge is 0.222 e. The Morgan fingerprint density at radius 1 is 1.33 bits per heavy atom. The molecule has 7 nitrogen and oxygen atoms in total. The van der Waals surface area contributed by atoms with E-state index in [1.807, 2.05) is 11.1 Å². The topological polar surface area (TPSA) is 81.7 Å². The van der Waals surface area contributed by atoms with Crippen molar-refractivity contribution in [2.45, 2.75) is 19.3 Å². The number of likely N-dealkylation sites (tertiary alicyclic amines) is 1. The van der Waals surface area contributed by atoms with Crippen molar-refractivity contribution >= 4 is 5.91 Å². The maximum atomic E-state index is 12.6. The van der Waals surface area contributed by atoms with E-state index in [2.05, 4.69) is 15.1 Å². The lowest BCUT2D eigenvalue weighted by atomic mass is 9.88. The zero-order valence-electron chi connectivity index (χ0n) is 14.2. The molecule has 2 saturated heterocycles. The summed E-state index contributed by atoms with van der Waals surface area (Å²) in [6.45, 7) is 6.16. The van der Waals surface area contributed by atoms with Crippen LogP contribution >= 0.6 is 0 Å². The molecule has 0 saturated carbocycles. The SMILES string of the molecule is O=C(CCc1cn[nH]c1)N1C[C@H](CO)C[C@H](CN2CCOCC2)C1. The number of aliphatic hydroxyl groups excluding tert-OH is 1. The van der Waals surface area contributed by atoms with Gasteiger partial charge in [0.15, 0.2) is 0 Å². The molecule has 0 bridgehead atoms. The second-order valence-corrected chi connectivity index (χ2v) is 6.97.